The first-order chi connectivity index (χ1) is 11.5. The second kappa shape index (κ2) is 6.77. The van der Waals surface area contributed by atoms with Crippen molar-refractivity contribution in [3.63, 3.8) is 0 Å². The number of likely N-dealkylation sites (N-methyl/N-ethyl adjacent to an activating group) is 2. The van der Waals surface area contributed by atoms with Crippen LogP contribution in [0.15, 0.2) is 30.3 Å². The zero-order chi connectivity index (χ0) is 17.3. The van der Waals surface area contributed by atoms with Crippen LogP contribution < -0.4 is 0 Å². The van der Waals surface area contributed by atoms with Crippen LogP contribution in [0, 0.1) is 6.92 Å². The van der Waals surface area contributed by atoms with Gasteiger partial charge in [0.25, 0.3) is 0 Å². The van der Waals surface area contributed by atoms with Crippen LogP contribution in [0.25, 0.3) is 0 Å². The zero-order valence-corrected chi connectivity index (χ0v) is 14.9. The van der Waals surface area contributed by atoms with Gasteiger partial charge in [-0.15, -0.1) is 0 Å². The van der Waals surface area contributed by atoms with Crippen molar-refractivity contribution in [2.45, 2.75) is 38.3 Å². The Hall–Kier alpha value is -2.14. The number of aromatic amines is 1. The maximum Gasteiger partial charge on any atom is 0.244 e. The van der Waals surface area contributed by atoms with Gasteiger partial charge in [0.15, 0.2) is 0 Å². The van der Waals surface area contributed by atoms with Crippen LogP contribution in [-0.2, 0) is 11.3 Å². The molecule has 2 aromatic rings. The van der Waals surface area contributed by atoms with Crippen molar-refractivity contribution in [3.05, 3.63) is 52.8 Å². The highest BCUT2D eigenvalue weighted by atomic mass is 16.2. The molecule has 24 heavy (non-hydrogen) atoms. The summed E-state index contributed by atoms with van der Waals surface area (Å²) >= 11 is 0. The van der Waals surface area contributed by atoms with E-state index in [1.165, 1.54) is 12.8 Å². The molecule has 1 atom stereocenters. The fourth-order valence-corrected chi connectivity index (χ4v) is 3.12. The first kappa shape index (κ1) is 16.7. The average Bonchev–Trinajstić information content (AvgIpc) is 3.29. The van der Waals surface area contributed by atoms with E-state index in [9.17, 15) is 4.79 Å². The molecule has 0 bridgehead atoms. The molecular weight excluding hydrogens is 300 g/mol. The molecule has 1 N–H and O–H groups in total. The van der Waals surface area contributed by atoms with E-state index in [1.54, 1.807) is 4.90 Å². The Morgan fingerprint density at radius 3 is 2.62 bits per heavy atom. The Morgan fingerprint density at radius 2 is 2.00 bits per heavy atom. The Labute approximate surface area is 143 Å². The van der Waals surface area contributed by atoms with Gasteiger partial charge in [0, 0.05) is 13.0 Å². The van der Waals surface area contributed by atoms with Crippen LogP contribution in [-0.4, -0.2) is 47.0 Å². The standard InChI is InChI=1S/C19H26N4O/c1-13-7-5-6-8-16(13)18(22(2)3)19(24)23(4)12-15-11-17(21-20-15)14-9-10-14/h5-8,11,14,18H,9-10,12H2,1-4H3,(H,20,21). The number of carbonyl (C=O) groups is 1. The number of aromatic nitrogens is 2. The molecule has 1 amide bonds. The molecular formula is C19H26N4O. The van der Waals surface area contributed by atoms with E-state index in [1.807, 2.05) is 44.2 Å². The van der Waals surface area contributed by atoms with E-state index in [4.69, 9.17) is 0 Å². The number of nitrogens with one attached hydrogen (secondary N) is 1. The van der Waals surface area contributed by atoms with Gasteiger partial charge < -0.3 is 4.90 Å². The summed E-state index contributed by atoms with van der Waals surface area (Å²) in [5.41, 5.74) is 4.32. The van der Waals surface area contributed by atoms with Crippen molar-refractivity contribution in [1.29, 1.82) is 0 Å². The number of hydrogen-bond donors (Lipinski definition) is 1. The van der Waals surface area contributed by atoms with Gasteiger partial charge in [-0.2, -0.15) is 5.10 Å². The van der Waals surface area contributed by atoms with E-state index < -0.39 is 0 Å². The minimum absolute atomic E-state index is 0.0943. The third-order valence-corrected chi connectivity index (χ3v) is 4.66. The van der Waals surface area contributed by atoms with Crippen LogP contribution >= 0.6 is 0 Å². The van der Waals surface area contributed by atoms with Crippen LogP contribution in [0.2, 0.25) is 0 Å². The number of rotatable bonds is 6. The van der Waals surface area contributed by atoms with Gasteiger partial charge in [-0.25, -0.2) is 0 Å². The molecule has 1 heterocycles. The first-order valence-corrected chi connectivity index (χ1v) is 8.48. The largest absolute Gasteiger partial charge is 0.338 e. The van der Waals surface area contributed by atoms with E-state index >= 15 is 0 Å². The monoisotopic (exact) mass is 326 g/mol. The molecule has 1 aromatic carbocycles. The van der Waals surface area contributed by atoms with Gasteiger partial charge in [0.2, 0.25) is 5.91 Å². The maximum absolute atomic E-state index is 13.0. The summed E-state index contributed by atoms with van der Waals surface area (Å²) in [6.07, 6.45) is 2.46. The second-order valence-electron chi connectivity index (χ2n) is 7.01. The molecule has 0 aliphatic heterocycles. The number of aryl methyl sites for hydroxylation is 1. The Morgan fingerprint density at radius 1 is 1.29 bits per heavy atom. The molecule has 1 aliphatic carbocycles. The molecule has 3 rings (SSSR count). The highest BCUT2D eigenvalue weighted by molar-refractivity contribution is 5.83. The lowest BCUT2D eigenvalue weighted by Gasteiger charge is -2.29. The minimum atomic E-state index is -0.276. The summed E-state index contributed by atoms with van der Waals surface area (Å²) in [6, 6.07) is 9.90. The molecule has 1 aromatic heterocycles. The number of H-pyrrole nitrogens is 1. The molecule has 1 saturated carbocycles. The predicted octanol–water partition coefficient (Wildman–Crippen LogP) is 2.86. The van der Waals surface area contributed by atoms with Gasteiger partial charge in [0.05, 0.1) is 17.9 Å². The summed E-state index contributed by atoms with van der Waals surface area (Å²) in [7, 11) is 5.75. The van der Waals surface area contributed by atoms with E-state index in [0.29, 0.717) is 12.5 Å². The Bertz CT molecular complexity index is 718. The second-order valence-corrected chi connectivity index (χ2v) is 7.01. The molecule has 1 unspecified atom stereocenters. The molecule has 1 aliphatic rings. The number of carbonyl (C=O) groups excluding carboxylic acids is 1. The molecule has 5 nitrogen and oxygen atoms in total. The van der Waals surface area contributed by atoms with Gasteiger partial charge in [-0.1, -0.05) is 24.3 Å². The van der Waals surface area contributed by atoms with Crippen molar-refractivity contribution >= 4 is 5.91 Å². The fourth-order valence-electron chi connectivity index (χ4n) is 3.12. The number of nitrogens with zero attached hydrogens (tertiary/aromatic N) is 3. The summed E-state index contributed by atoms with van der Waals surface area (Å²) in [4.78, 5) is 16.8. The third kappa shape index (κ3) is 3.51. The van der Waals surface area contributed by atoms with Crippen molar-refractivity contribution in [3.8, 4) is 0 Å². The van der Waals surface area contributed by atoms with Gasteiger partial charge in [-0.05, 0) is 51.1 Å². The van der Waals surface area contributed by atoms with E-state index in [0.717, 1.165) is 22.5 Å². The molecule has 0 saturated heterocycles. The van der Waals surface area contributed by atoms with Gasteiger partial charge in [-0.3, -0.25) is 14.8 Å². The van der Waals surface area contributed by atoms with Gasteiger partial charge >= 0.3 is 0 Å². The Kier molecular flexibility index (Phi) is 4.71. The summed E-state index contributed by atoms with van der Waals surface area (Å²) in [5, 5.41) is 7.44. The number of hydrogen-bond acceptors (Lipinski definition) is 3. The third-order valence-electron chi connectivity index (χ3n) is 4.66. The molecule has 0 radical (unpaired) electrons. The van der Waals surface area contributed by atoms with Crippen molar-refractivity contribution in [1.82, 2.24) is 20.0 Å². The number of amides is 1. The van der Waals surface area contributed by atoms with E-state index in [-0.39, 0.29) is 11.9 Å². The Balaban J connectivity index is 1.75. The normalized spacial score (nSPS) is 15.5. The summed E-state index contributed by atoms with van der Waals surface area (Å²) in [5.74, 6) is 0.717. The average molecular weight is 326 g/mol. The molecule has 128 valence electrons. The lowest BCUT2D eigenvalue weighted by molar-refractivity contribution is -0.135. The topological polar surface area (TPSA) is 52.2 Å². The highest BCUT2D eigenvalue weighted by Gasteiger charge is 2.29. The minimum Gasteiger partial charge on any atom is -0.338 e. The lowest BCUT2D eigenvalue weighted by atomic mass is 9.99. The molecule has 0 spiro atoms. The van der Waals surface area contributed by atoms with Crippen LogP contribution in [0.4, 0.5) is 0 Å². The van der Waals surface area contributed by atoms with Gasteiger partial charge in [0.1, 0.15) is 6.04 Å². The van der Waals surface area contributed by atoms with Crippen LogP contribution in [0.5, 0.6) is 0 Å². The molecule has 5 heteroatoms. The fraction of sp³-hybridized carbons (Fsp3) is 0.474. The maximum atomic E-state index is 13.0. The van der Waals surface area contributed by atoms with Crippen LogP contribution in [0.1, 0.15) is 47.3 Å². The van der Waals surface area contributed by atoms with Crippen LogP contribution in [0.3, 0.4) is 0 Å². The lowest BCUT2D eigenvalue weighted by Crippen LogP contribution is -2.38. The smallest absolute Gasteiger partial charge is 0.244 e. The quantitative estimate of drug-likeness (QED) is 0.888. The SMILES string of the molecule is Cc1ccccc1C(C(=O)N(C)Cc1cc(C2CC2)n[nH]1)N(C)C. The summed E-state index contributed by atoms with van der Waals surface area (Å²) in [6.45, 7) is 2.60. The predicted molar refractivity (Wildman–Crippen MR) is 94.6 cm³/mol. The number of benzene rings is 1. The van der Waals surface area contributed by atoms with Crippen molar-refractivity contribution in [2.24, 2.45) is 0 Å². The van der Waals surface area contributed by atoms with Crippen molar-refractivity contribution < 1.29 is 4.79 Å². The summed E-state index contributed by atoms with van der Waals surface area (Å²) < 4.78 is 0. The highest BCUT2D eigenvalue weighted by Crippen LogP contribution is 2.39. The zero-order valence-electron chi connectivity index (χ0n) is 14.9. The molecule has 1 fully saturated rings. The van der Waals surface area contributed by atoms with Crippen molar-refractivity contribution in [2.75, 3.05) is 21.1 Å². The first-order valence-electron chi connectivity index (χ1n) is 8.48. The van der Waals surface area contributed by atoms with E-state index in [2.05, 4.69) is 29.3 Å².